The minimum atomic E-state index is -1.29. The highest BCUT2D eigenvalue weighted by Crippen LogP contribution is 2.46. The van der Waals surface area contributed by atoms with E-state index in [2.05, 4.69) is 5.32 Å². The van der Waals surface area contributed by atoms with Crippen LogP contribution in [-0.4, -0.2) is 62.1 Å². The monoisotopic (exact) mass is 386 g/mol. The number of methoxy groups -OCH3 is 2. The molecule has 0 aromatic heterocycles. The summed E-state index contributed by atoms with van der Waals surface area (Å²) in [4.78, 5) is 39.2. The van der Waals surface area contributed by atoms with E-state index >= 15 is 0 Å². The van der Waals surface area contributed by atoms with Crippen molar-refractivity contribution >= 4 is 23.9 Å². The van der Waals surface area contributed by atoms with Gasteiger partial charge in [0.2, 0.25) is 11.8 Å². The maximum Gasteiger partial charge on any atom is 0.326 e. The second kappa shape index (κ2) is 6.34. The normalized spacial score (nSPS) is 31.1. The smallest absolute Gasteiger partial charge is 0.326 e. The highest BCUT2D eigenvalue weighted by atomic mass is 16.5. The fourth-order valence-electron chi connectivity index (χ4n) is 4.48. The number of esters is 1. The molecule has 3 aliphatic heterocycles. The number of rotatable bonds is 3. The van der Waals surface area contributed by atoms with Gasteiger partial charge in [0.25, 0.3) is 0 Å². The van der Waals surface area contributed by atoms with E-state index in [1.807, 2.05) is 24.3 Å². The summed E-state index contributed by atoms with van der Waals surface area (Å²) >= 11 is 0. The summed E-state index contributed by atoms with van der Waals surface area (Å²) in [7, 11) is 4.30. The summed E-state index contributed by atoms with van der Waals surface area (Å²) < 4.78 is 16.1. The first kappa shape index (κ1) is 18.5. The van der Waals surface area contributed by atoms with E-state index in [1.165, 1.54) is 14.2 Å². The number of imide groups is 1. The molecule has 0 bridgehead atoms. The van der Waals surface area contributed by atoms with E-state index < -0.39 is 29.4 Å². The molecule has 2 saturated heterocycles. The van der Waals surface area contributed by atoms with Crippen molar-refractivity contribution in [1.29, 1.82) is 0 Å². The molecule has 2 fully saturated rings. The number of nitrogens with one attached hydrogen (secondary N) is 1. The maximum atomic E-state index is 12.8. The zero-order chi connectivity index (χ0) is 20.2. The topological polar surface area (TPSA) is 94.2 Å². The summed E-state index contributed by atoms with van der Waals surface area (Å²) in [6, 6.07) is 4.95. The Morgan fingerprint density at radius 2 is 2.04 bits per heavy atom. The van der Waals surface area contributed by atoms with E-state index in [0.717, 1.165) is 16.0 Å². The SMILES string of the molecule is COC(=O)[C@]1(C)N[C@H](C2=Cc3cc(OC)ccc3OC2)[C@@H]2C(=O)N(C)C(=O)[C@@H]21. The first-order chi connectivity index (χ1) is 13.3. The Labute approximate surface area is 162 Å². The van der Waals surface area contributed by atoms with Crippen LogP contribution in [0.5, 0.6) is 11.5 Å². The first-order valence-electron chi connectivity index (χ1n) is 9.00. The first-order valence-corrected chi connectivity index (χ1v) is 9.00. The number of fused-ring (bicyclic) bond motifs is 2. The van der Waals surface area contributed by atoms with E-state index in [4.69, 9.17) is 14.2 Å². The molecule has 0 radical (unpaired) electrons. The molecular formula is C20H22N2O6. The molecule has 1 N–H and O–H groups in total. The standard InChI is InChI=1S/C20H22N2O6/c1-20(19(25)27-4)15-14(17(23)22(2)18(15)24)16(21-20)11-7-10-8-12(26-3)5-6-13(10)28-9-11/h5-8,14-16,21H,9H2,1-4H3/t14-,15-,16-,20-/m1/s1. The third-order valence-electron chi connectivity index (χ3n) is 5.97. The fourth-order valence-corrected chi connectivity index (χ4v) is 4.48. The third kappa shape index (κ3) is 2.44. The summed E-state index contributed by atoms with van der Waals surface area (Å²) in [5, 5.41) is 3.21. The Hall–Kier alpha value is -2.87. The molecule has 1 aromatic carbocycles. The molecule has 4 atom stereocenters. The number of likely N-dealkylation sites (tertiary alicyclic amines) is 1. The quantitative estimate of drug-likeness (QED) is 0.601. The Morgan fingerprint density at radius 3 is 2.71 bits per heavy atom. The van der Waals surface area contributed by atoms with E-state index in [9.17, 15) is 14.4 Å². The Kier molecular flexibility index (Phi) is 4.19. The molecule has 148 valence electrons. The molecule has 8 nitrogen and oxygen atoms in total. The number of carbonyl (C=O) groups excluding carboxylic acids is 3. The van der Waals surface area contributed by atoms with E-state index in [1.54, 1.807) is 14.0 Å². The lowest BCUT2D eigenvalue weighted by Crippen LogP contribution is -2.55. The van der Waals surface area contributed by atoms with Crippen LogP contribution in [-0.2, 0) is 19.1 Å². The number of hydrogen-bond acceptors (Lipinski definition) is 7. The lowest BCUT2D eigenvalue weighted by Gasteiger charge is -2.29. The molecular weight excluding hydrogens is 364 g/mol. The van der Waals surface area contributed by atoms with Gasteiger partial charge in [-0.1, -0.05) is 0 Å². The van der Waals surface area contributed by atoms with Crippen molar-refractivity contribution in [2.24, 2.45) is 11.8 Å². The average molecular weight is 386 g/mol. The third-order valence-corrected chi connectivity index (χ3v) is 5.97. The second-order valence-electron chi connectivity index (χ2n) is 7.47. The van der Waals surface area contributed by atoms with Crippen LogP contribution in [0.15, 0.2) is 23.8 Å². The van der Waals surface area contributed by atoms with Gasteiger partial charge in [-0.25, -0.2) is 0 Å². The number of nitrogens with zero attached hydrogens (tertiary/aromatic N) is 1. The van der Waals surface area contributed by atoms with Crippen LogP contribution < -0.4 is 14.8 Å². The second-order valence-corrected chi connectivity index (χ2v) is 7.47. The Bertz CT molecular complexity index is 910. The molecule has 3 aliphatic rings. The van der Waals surface area contributed by atoms with Gasteiger partial charge >= 0.3 is 5.97 Å². The zero-order valence-corrected chi connectivity index (χ0v) is 16.1. The molecule has 4 rings (SSSR count). The van der Waals surface area contributed by atoms with Crippen molar-refractivity contribution in [3.05, 3.63) is 29.3 Å². The van der Waals surface area contributed by atoms with Gasteiger partial charge in [0.1, 0.15) is 23.6 Å². The van der Waals surface area contributed by atoms with Crippen LogP contribution in [0.25, 0.3) is 6.08 Å². The molecule has 2 amide bonds. The predicted octanol–water partition coefficient (Wildman–Crippen LogP) is 0.605. The van der Waals surface area contributed by atoms with Crippen molar-refractivity contribution in [2.75, 3.05) is 27.9 Å². The Morgan fingerprint density at radius 1 is 1.29 bits per heavy atom. The zero-order valence-electron chi connectivity index (χ0n) is 16.1. The summed E-state index contributed by atoms with van der Waals surface area (Å²) in [5.74, 6) is -1.38. The van der Waals surface area contributed by atoms with Gasteiger partial charge in [-0.05, 0) is 36.8 Å². The highest BCUT2D eigenvalue weighted by Gasteiger charge is 2.66. The maximum absolute atomic E-state index is 12.8. The molecule has 0 unspecified atom stereocenters. The van der Waals surface area contributed by atoms with Crippen LogP contribution in [0.4, 0.5) is 0 Å². The summed E-state index contributed by atoms with van der Waals surface area (Å²) in [6.45, 7) is 1.87. The number of amides is 2. The number of benzene rings is 1. The van der Waals surface area contributed by atoms with Crippen molar-refractivity contribution in [3.63, 3.8) is 0 Å². The van der Waals surface area contributed by atoms with Crippen LogP contribution in [0, 0.1) is 11.8 Å². The van der Waals surface area contributed by atoms with Crippen LogP contribution in [0.2, 0.25) is 0 Å². The van der Waals surface area contributed by atoms with Gasteiger partial charge in [0.15, 0.2) is 0 Å². The van der Waals surface area contributed by atoms with Gasteiger partial charge in [-0.15, -0.1) is 0 Å². The van der Waals surface area contributed by atoms with Crippen LogP contribution in [0.3, 0.4) is 0 Å². The van der Waals surface area contributed by atoms with Gasteiger partial charge < -0.3 is 14.2 Å². The highest BCUT2D eigenvalue weighted by molar-refractivity contribution is 6.09. The van der Waals surface area contributed by atoms with Crippen molar-refractivity contribution in [2.45, 2.75) is 18.5 Å². The fraction of sp³-hybridized carbons (Fsp3) is 0.450. The number of hydrogen-bond donors (Lipinski definition) is 1. The van der Waals surface area contributed by atoms with Gasteiger partial charge in [-0.2, -0.15) is 0 Å². The molecule has 8 heteroatoms. The molecule has 0 spiro atoms. The lowest BCUT2D eigenvalue weighted by molar-refractivity contribution is -0.152. The number of carbonyl (C=O) groups is 3. The van der Waals surface area contributed by atoms with Crippen molar-refractivity contribution in [1.82, 2.24) is 10.2 Å². The van der Waals surface area contributed by atoms with Gasteiger partial charge in [0, 0.05) is 18.7 Å². The van der Waals surface area contributed by atoms with E-state index in [0.29, 0.717) is 11.5 Å². The number of ether oxygens (including phenoxy) is 3. The lowest BCUT2D eigenvalue weighted by atomic mass is 9.80. The molecule has 1 aromatic rings. The van der Waals surface area contributed by atoms with Crippen molar-refractivity contribution < 1.29 is 28.6 Å². The van der Waals surface area contributed by atoms with Crippen LogP contribution >= 0.6 is 0 Å². The largest absolute Gasteiger partial charge is 0.497 e. The van der Waals surface area contributed by atoms with Crippen molar-refractivity contribution in [3.8, 4) is 11.5 Å². The van der Waals surface area contributed by atoms with Gasteiger partial charge in [0.05, 0.1) is 26.1 Å². The summed E-state index contributed by atoms with van der Waals surface area (Å²) in [5.41, 5.74) is 0.312. The van der Waals surface area contributed by atoms with Gasteiger partial charge in [-0.3, -0.25) is 24.6 Å². The summed E-state index contributed by atoms with van der Waals surface area (Å²) in [6.07, 6.45) is 1.93. The molecule has 3 heterocycles. The van der Waals surface area contributed by atoms with Crippen LogP contribution in [0.1, 0.15) is 12.5 Å². The molecule has 0 saturated carbocycles. The van der Waals surface area contributed by atoms with E-state index in [-0.39, 0.29) is 18.4 Å². The minimum absolute atomic E-state index is 0.253. The minimum Gasteiger partial charge on any atom is -0.497 e. The predicted molar refractivity (Wildman–Crippen MR) is 98.6 cm³/mol. The molecule has 28 heavy (non-hydrogen) atoms. The average Bonchev–Trinajstić information content (AvgIpc) is 3.15. The Balaban J connectivity index is 1.77. The molecule has 0 aliphatic carbocycles.